The number of nitrogens with one attached hydrogen (secondary N) is 2. The van der Waals surface area contributed by atoms with E-state index in [9.17, 15) is 18.0 Å². The third kappa shape index (κ3) is 6.14. The van der Waals surface area contributed by atoms with Gasteiger partial charge in [-0.2, -0.15) is 13.2 Å². The second-order valence-electron chi connectivity index (χ2n) is 7.25. The number of allylic oxidation sites excluding steroid dienone is 1. The SMILES string of the molecule is CCNC(=O)NCc1ccc(C=CC(c2cc(Cl)c(Cl)c(Cl)c2)C(F)(F)F)c2ccccc12. The van der Waals surface area contributed by atoms with E-state index in [0.29, 0.717) is 12.1 Å². The summed E-state index contributed by atoms with van der Waals surface area (Å²) in [5.74, 6) is -1.93. The number of rotatable bonds is 6. The van der Waals surface area contributed by atoms with Gasteiger partial charge in [0.2, 0.25) is 0 Å². The highest BCUT2D eigenvalue weighted by molar-refractivity contribution is 6.48. The summed E-state index contributed by atoms with van der Waals surface area (Å²) >= 11 is 17.8. The number of benzene rings is 3. The van der Waals surface area contributed by atoms with Crippen LogP contribution in [0.2, 0.25) is 15.1 Å². The molecule has 3 aromatic carbocycles. The van der Waals surface area contributed by atoms with E-state index in [1.807, 2.05) is 25.1 Å². The molecule has 9 heteroatoms. The molecule has 2 amide bonds. The molecule has 0 aliphatic heterocycles. The number of amides is 2. The molecule has 0 heterocycles. The number of fused-ring (bicyclic) bond motifs is 1. The molecule has 1 unspecified atom stereocenters. The molecule has 0 saturated heterocycles. The summed E-state index contributed by atoms with van der Waals surface area (Å²) in [6, 6.07) is 12.9. The average molecular weight is 516 g/mol. The largest absolute Gasteiger partial charge is 0.399 e. The predicted molar refractivity (Wildman–Crippen MR) is 129 cm³/mol. The summed E-state index contributed by atoms with van der Waals surface area (Å²) in [6.07, 6.45) is -2.06. The number of hydrogen-bond donors (Lipinski definition) is 2. The summed E-state index contributed by atoms with van der Waals surface area (Å²) in [7, 11) is 0. The van der Waals surface area contributed by atoms with Gasteiger partial charge in [0.15, 0.2) is 0 Å². The van der Waals surface area contributed by atoms with Crippen LogP contribution in [0, 0.1) is 0 Å². The van der Waals surface area contributed by atoms with Crippen molar-refractivity contribution in [3.8, 4) is 0 Å². The number of hydrogen-bond acceptors (Lipinski definition) is 1. The van der Waals surface area contributed by atoms with Crippen molar-refractivity contribution < 1.29 is 18.0 Å². The number of alkyl halides is 3. The minimum Gasteiger partial charge on any atom is -0.338 e. The van der Waals surface area contributed by atoms with Gasteiger partial charge in [0, 0.05) is 13.1 Å². The first-order valence-corrected chi connectivity index (χ1v) is 11.2. The first-order valence-electron chi connectivity index (χ1n) is 10.0. The zero-order valence-electron chi connectivity index (χ0n) is 17.4. The molecular weight excluding hydrogens is 496 g/mol. The molecular formula is C24H20Cl3F3N2O. The Morgan fingerprint density at radius 3 is 2.24 bits per heavy atom. The lowest BCUT2D eigenvalue weighted by Crippen LogP contribution is -2.34. The van der Waals surface area contributed by atoms with Crippen molar-refractivity contribution >= 4 is 57.7 Å². The zero-order chi connectivity index (χ0) is 24.2. The Hall–Kier alpha value is -2.41. The molecule has 0 aromatic heterocycles. The molecule has 0 radical (unpaired) electrons. The van der Waals surface area contributed by atoms with Crippen LogP contribution >= 0.6 is 34.8 Å². The monoisotopic (exact) mass is 514 g/mol. The first kappa shape index (κ1) is 25.2. The van der Waals surface area contributed by atoms with Crippen molar-refractivity contribution in [3.05, 3.63) is 86.4 Å². The third-order valence-corrected chi connectivity index (χ3v) is 6.21. The van der Waals surface area contributed by atoms with Crippen LogP contribution in [-0.4, -0.2) is 18.8 Å². The Balaban J connectivity index is 1.98. The van der Waals surface area contributed by atoms with Crippen molar-refractivity contribution in [2.45, 2.75) is 25.6 Å². The first-order chi connectivity index (χ1) is 15.6. The zero-order valence-corrected chi connectivity index (χ0v) is 19.7. The van der Waals surface area contributed by atoms with Crippen LogP contribution in [0.5, 0.6) is 0 Å². The molecule has 0 bridgehead atoms. The maximum atomic E-state index is 13.9. The summed E-state index contributed by atoms with van der Waals surface area (Å²) in [5, 5.41) is 6.93. The fraction of sp³-hybridized carbons (Fsp3) is 0.208. The van der Waals surface area contributed by atoms with Crippen LogP contribution in [0.1, 0.15) is 29.5 Å². The Morgan fingerprint density at radius 2 is 1.64 bits per heavy atom. The van der Waals surface area contributed by atoms with Gasteiger partial charge in [-0.05, 0) is 46.5 Å². The Morgan fingerprint density at radius 1 is 1.00 bits per heavy atom. The van der Waals surface area contributed by atoms with Crippen molar-refractivity contribution in [2.24, 2.45) is 0 Å². The van der Waals surface area contributed by atoms with Gasteiger partial charge in [-0.1, -0.05) is 83.4 Å². The molecule has 1 atom stereocenters. The van der Waals surface area contributed by atoms with E-state index < -0.39 is 12.1 Å². The second kappa shape index (κ2) is 10.7. The second-order valence-corrected chi connectivity index (χ2v) is 8.44. The maximum absolute atomic E-state index is 13.9. The molecule has 0 aliphatic rings. The quantitative estimate of drug-likeness (QED) is 0.321. The lowest BCUT2D eigenvalue weighted by Gasteiger charge is -2.18. The molecule has 174 valence electrons. The maximum Gasteiger partial charge on any atom is 0.399 e. The molecule has 0 fully saturated rings. The number of carbonyl (C=O) groups is 1. The van der Waals surface area contributed by atoms with Gasteiger partial charge < -0.3 is 10.6 Å². The Labute approximate surface area is 204 Å². The van der Waals surface area contributed by atoms with Crippen LogP contribution in [0.3, 0.4) is 0 Å². The van der Waals surface area contributed by atoms with Crippen LogP contribution in [0.25, 0.3) is 16.8 Å². The van der Waals surface area contributed by atoms with E-state index in [4.69, 9.17) is 34.8 Å². The van der Waals surface area contributed by atoms with E-state index >= 15 is 0 Å². The minimum atomic E-state index is -4.57. The molecule has 0 saturated carbocycles. The Bertz CT molecular complexity index is 1170. The van der Waals surface area contributed by atoms with E-state index in [-0.39, 0.29) is 33.2 Å². The fourth-order valence-electron chi connectivity index (χ4n) is 3.45. The van der Waals surface area contributed by atoms with E-state index in [0.717, 1.165) is 22.4 Å². The minimum absolute atomic E-state index is 0.00907. The van der Waals surface area contributed by atoms with E-state index in [2.05, 4.69) is 10.6 Å². The van der Waals surface area contributed by atoms with Crippen LogP contribution in [0.4, 0.5) is 18.0 Å². The highest BCUT2D eigenvalue weighted by atomic mass is 35.5. The van der Waals surface area contributed by atoms with Gasteiger partial charge in [-0.3, -0.25) is 0 Å². The normalized spacial score (nSPS) is 12.8. The lowest BCUT2D eigenvalue weighted by molar-refractivity contribution is -0.139. The standard InChI is InChI=1S/C24H20Cl3F3N2O/c1-2-31-23(33)32-13-15-8-7-14(17-5-3-4-6-18(15)17)9-10-19(24(28,29)30)16-11-20(25)22(27)21(26)12-16/h3-12,19H,2,13H2,1H3,(H2,31,32,33). The molecule has 33 heavy (non-hydrogen) atoms. The molecule has 3 aromatic rings. The molecule has 3 nitrogen and oxygen atoms in total. The van der Waals surface area contributed by atoms with Crippen LogP contribution in [-0.2, 0) is 6.54 Å². The Kier molecular flexibility index (Phi) is 8.16. The van der Waals surface area contributed by atoms with Gasteiger partial charge in [-0.25, -0.2) is 4.79 Å². The summed E-state index contributed by atoms with van der Waals surface area (Å²) in [6.45, 7) is 2.60. The molecule has 3 rings (SSSR count). The summed E-state index contributed by atoms with van der Waals surface area (Å²) < 4.78 is 41.6. The summed E-state index contributed by atoms with van der Waals surface area (Å²) in [4.78, 5) is 11.7. The van der Waals surface area contributed by atoms with Crippen LogP contribution < -0.4 is 10.6 Å². The van der Waals surface area contributed by atoms with Gasteiger partial charge in [0.05, 0.1) is 21.0 Å². The highest BCUT2D eigenvalue weighted by Crippen LogP contribution is 2.41. The third-order valence-electron chi connectivity index (χ3n) is 5.01. The molecule has 0 spiro atoms. The predicted octanol–water partition coefficient (Wildman–Crippen LogP) is 7.98. The van der Waals surface area contributed by atoms with Gasteiger partial charge in [0.25, 0.3) is 0 Å². The number of carbonyl (C=O) groups excluding carboxylic acids is 1. The van der Waals surface area contributed by atoms with Gasteiger partial charge >= 0.3 is 12.2 Å². The average Bonchev–Trinajstić information content (AvgIpc) is 2.76. The van der Waals surface area contributed by atoms with Crippen molar-refractivity contribution in [1.29, 1.82) is 0 Å². The van der Waals surface area contributed by atoms with Crippen LogP contribution in [0.15, 0.2) is 54.6 Å². The topological polar surface area (TPSA) is 41.1 Å². The smallest absolute Gasteiger partial charge is 0.338 e. The fourth-order valence-corrected chi connectivity index (χ4v) is 4.06. The van der Waals surface area contributed by atoms with Crippen molar-refractivity contribution in [1.82, 2.24) is 10.6 Å². The van der Waals surface area contributed by atoms with E-state index in [1.54, 1.807) is 18.2 Å². The highest BCUT2D eigenvalue weighted by Gasteiger charge is 2.39. The number of urea groups is 1. The van der Waals surface area contributed by atoms with E-state index in [1.165, 1.54) is 18.2 Å². The summed E-state index contributed by atoms with van der Waals surface area (Å²) in [5.41, 5.74) is 1.34. The lowest BCUT2D eigenvalue weighted by atomic mass is 9.95. The van der Waals surface area contributed by atoms with Crippen molar-refractivity contribution in [3.63, 3.8) is 0 Å². The number of halogens is 6. The van der Waals surface area contributed by atoms with Gasteiger partial charge in [0.1, 0.15) is 0 Å². The van der Waals surface area contributed by atoms with Gasteiger partial charge in [-0.15, -0.1) is 0 Å². The van der Waals surface area contributed by atoms with Crippen molar-refractivity contribution in [2.75, 3.05) is 6.54 Å². The molecule has 0 aliphatic carbocycles. The molecule has 2 N–H and O–H groups in total.